The Balaban J connectivity index is 0.000000331. The van der Waals surface area contributed by atoms with Crippen LogP contribution in [0.3, 0.4) is 0 Å². The standard InChI is InChI=1S/C20H17Cl2N3.C4H4O4/c1-14(24-9-8-23-13-24)18-12-25(20-5-3-2-4-17(18)20)11-15-6-7-16(21)10-19(15)22;5-3(6)1-2-4(7)8/h2-10,12-14H,11H2,1H3;1-2H,(H,5,6)(H,7,8)/b;2-1-. The predicted molar refractivity (Wildman–Crippen MR) is 124 cm³/mol. The Kier molecular flexibility index (Phi) is 7.92. The maximum absolute atomic E-state index is 9.53. The van der Waals surface area contributed by atoms with Crippen LogP contribution < -0.4 is 9.67 Å². The molecule has 4 aromatic rings. The quantitative estimate of drug-likeness (QED) is 0.321. The Labute approximate surface area is 200 Å². The van der Waals surface area contributed by atoms with Crippen LogP contribution in [-0.4, -0.2) is 26.6 Å². The number of imidazole rings is 1. The van der Waals surface area contributed by atoms with Crippen molar-refractivity contribution in [1.82, 2.24) is 9.55 Å². The van der Waals surface area contributed by atoms with Crippen molar-refractivity contribution in [2.24, 2.45) is 0 Å². The molecule has 2 aromatic carbocycles. The molecule has 0 radical (unpaired) electrons. The van der Waals surface area contributed by atoms with E-state index >= 15 is 0 Å². The van der Waals surface area contributed by atoms with Gasteiger partial charge in [0.2, 0.25) is 6.33 Å². The number of H-pyrrole nitrogens is 1. The lowest BCUT2D eigenvalue weighted by atomic mass is 10.1. The molecule has 0 aliphatic rings. The van der Waals surface area contributed by atoms with E-state index in [4.69, 9.17) is 28.3 Å². The molecule has 33 heavy (non-hydrogen) atoms. The number of nitrogens with zero attached hydrogens (tertiary/aromatic N) is 2. The minimum absolute atomic E-state index is 0.234. The van der Waals surface area contributed by atoms with E-state index in [1.807, 2.05) is 30.9 Å². The third-order valence-corrected chi connectivity index (χ3v) is 5.59. The number of carbonyl (C=O) groups excluding carboxylic acids is 1. The summed E-state index contributed by atoms with van der Waals surface area (Å²) < 4.78 is 4.42. The first-order chi connectivity index (χ1) is 15.8. The summed E-state index contributed by atoms with van der Waals surface area (Å²) in [6.45, 7) is 2.91. The van der Waals surface area contributed by atoms with Crippen LogP contribution in [0.2, 0.25) is 10.0 Å². The molecule has 0 amide bonds. The number of fused-ring (bicyclic) bond motifs is 1. The molecule has 2 heterocycles. The number of hydrogen-bond acceptors (Lipinski definition) is 3. The number of aromatic nitrogens is 3. The SMILES string of the molecule is CC(c1cn(Cc2ccc(Cl)cc2Cl)c2ccccc12)[n+]1cc[nH]c1.O=C([O-])/C=C\C(=O)O. The van der Waals surface area contributed by atoms with Crippen LogP contribution in [0.5, 0.6) is 0 Å². The van der Waals surface area contributed by atoms with Gasteiger partial charge in [-0.25, -0.2) is 9.36 Å². The van der Waals surface area contributed by atoms with Gasteiger partial charge in [-0.3, -0.25) is 4.98 Å². The zero-order valence-corrected chi connectivity index (χ0v) is 19.1. The molecule has 1 atom stereocenters. The van der Waals surface area contributed by atoms with Gasteiger partial charge in [0.1, 0.15) is 18.4 Å². The van der Waals surface area contributed by atoms with Crippen LogP contribution in [0.4, 0.5) is 0 Å². The van der Waals surface area contributed by atoms with Crippen molar-refractivity contribution in [3.63, 3.8) is 0 Å². The second-order valence-electron chi connectivity index (χ2n) is 7.19. The summed E-state index contributed by atoms with van der Waals surface area (Å²) >= 11 is 12.4. The van der Waals surface area contributed by atoms with E-state index in [1.54, 1.807) is 6.07 Å². The van der Waals surface area contributed by atoms with Gasteiger partial charge in [0, 0.05) is 45.3 Å². The average molecular weight is 486 g/mol. The minimum atomic E-state index is -1.51. The Bertz CT molecular complexity index is 1280. The van der Waals surface area contributed by atoms with E-state index in [9.17, 15) is 14.7 Å². The first-order valence-corrected chi connectivity index (χ1v) is 10.7. The fraction of sp³-hybridized carbons (Fsp3) is 0.125. The number of carboxylic acids is 2. The van der Waals surface area contributed by atoms with Crippen molar-refractivity contribution in [2.75, 3.05) is 0 Å². The topological polar surface area (TPSA) is 102 Å². The normalized spacial score (nSPS) is 11.8. The summed E-state index contributed by atoms with van der Waals surface area (Å²) in [7, 11) is 0. The molecule has 0 aliphatic carbocycles. The summed E-state index contributed by atoms with van der Waals surface area (Å²) in [4.78, 5) is 22.1. The van der Waals surface area contributed by atoms with Crippen LogP contribution in [0.25, 0.3) is 10.9 Å². The summed E-state index contributed by atoms with van der Waals surface area (Å²) in [6, 6.07) is 14.4. The van der Waals surface area contributed by atoms with Gasteiger partial charge in [0.15, 0.2) is 0 Å². The highest BCUT2D eigenvalue weighted by atomic mass is 35.5. The molecule has 0 saturated carbocycles. The minimum Gasteiger partial charge on any atom is -0.545 e. The Morgan fingerprint density at radius 2 is 1.97 bits per heavy atom. The number of carboxylic acid groups (broad SMARTS) is 2. The van der Waals surface area contributed by atoms with E-state index in [1.165, 1.54) is 16.5 Å². The molecular formula is C24H21Cl2N3O4. The fourth-order valence-electron chi connectivity index (χ4n) is 3.41. The highest BCUT2D eigenvalue weighted by Crippen LogP contribution is 2.29. The molecular weight excluding hydrogens is 465 g/mol. The second kappa shape index (κ2) is 10.8. The van der Waals surface area contributed by atoms with Crippen molar-refractivity contribution >= 4 is 46.0 Å². The van der Waals surface area contributed by atoms with Crippen molar-refractivity contribution in [2.45, 2.75) is 19.5 Å². The van der Waals surface area contributed by atoms with Crippen LogP contribution >= 0.6 is 23.2 Å². The predicted octanol–water partition coefficient (Wildman–Crippen LogP) is 3.60. The van der Waals surface area contributed by atoms with Crippen molar-refractivity contribution < 1.29 is 24.4 Å². The van der Waals surface area contributed by atoms with Gasteiger partial charge in [0.25, 0.3) is 0 Å². The van der Waals surface area contributed by atoms with Crippen LogP contribution in [0.1, 0.15) is 24.1 Å². The smallest absolute Gasteiger partial charge is 0.328 e. The summed E-state index contributed by atoms with van der Waals surface area (Å²) in [6.07, 6.45) is 9.13. The van der Waals surface area contributed by atoms with Gasteiger partial charge in [-0.1, -0.05) is 47.5 Å². The lowest BCUT2D eigenvalue weighted by molar-refractivity contribution is -0.709. The molecule has 0 saturated heterocycles. The van der Waals surface area contributed by atoms with Crippen molar-refractivity contribution in [3.8, 4) is 0 Å². The second-order valence-corrected chi connectivity index (χ2v) is 8.03. The fourth-order valence-corrected chi connectivity index (χ4v) is 3.88. The number of aliphatic carboxylic acids is 2. The highest BCUT2D eigenvalue weighted by molar-refractivity contribution is 6.35. The van der Waals surface area contributed by atoms with Gasteiger partial charge >= 0.3 is 5.97 Å². The number of halogens is 2. The van der Waals surface area contributed by atoms with Gasteiger partial charge in [-0.05, 0) is 36.8 Å². The van der Waals surface area contributed by atoms with Gasteiger partial charge in [-0.2, -0.15) is 0 Å². The lowest BCUT2D eigenvalue weighted by Gasteiger charge is -2.08. The Morgan fingerprint density at radius 1 is 1.21 bits per heavy atom. The molecule has 1 unspecified atom stereocenters. The van der Waals surface area contributed by atoms with Crippen LogP contribution in [0, 0.1) is 0 Å². The molecule has 170 valence electrons. The van der Waals surface area contributed by atoms with Gasteiger partial charge in [-0.15, -0.1) is 0 Å². The summed E-state index contributed by atoms with van der Waals surface area (Å²) in [5, 5.41) is 19.8. The van der Waals surface area contributed by atoms with E-state index in [0.717, 1.165) is 5.56 Å². The first-order valence-electron chi connectivity index (χ1n) is 9.93. The number of hydrogen-bond donors (Lipinski definition) is 2. The number of benzene rings is 2. The molecule has 7 nitrogen and oxygen atoms in total. The van der Waals surface area contributed by atoms with E-state index < -0.39 is 11.9 Å². The number of carbonyl (C=O) groups is 2. The number of nitrogens with one attached hydrogen (secondary N) is 1. The van der Waals surface area contributed by atoms with Crippen molar-refractivity contribution in [1.29, 1.82) is 0 Å². The largest absolute Gasteiger partial charge is 0.545 e. The zero-order chi connectivity index (χ0) is 24.0. The maximum atomic E-state index is 9.53. The van der Waals surface area contributed by atoms with Crippen LogP contribution in [-0.2, 0) is 16.1 Å². The first kappa shape index (κ1) is 24.1. The van der Waals surface area contributed by atoms with E-state index in [2.05, 4.69) is 51.5 Å². The molecule has 0 bridgehead atoms. The van der Waals surface area contributed by atoms with Crippen molar-refractivity contribution in [3.05, 3.63) is 101 Å². The number of para-hydroxylation sites is 1. The number of rotatable bonds is 6. The third-order valence-electron chi connectivity index (χ3n) is 5.00. The monoisotopic (exact) mass is 485 g/mol. The van der Waals surface area contributed by atoms with E-state index in [0.29, 0.717) is 28.7 Å². The molecule has 0 fully saturated rings. The Hall–Kier alpha value is -3.55. The lowest BCUT2D eigenvalue weighted by Crippen LogP contribution is -2.35. The zero-order valence-electron chi connectivity index (χ0n) is 17.6. The van der Waals surface area contributed by atoms with Gasteiger partial charge in [0.05, 0.1) is 5.97 Å². The summed E-state index contributed by atoms with van der Waals surface area (Å²) in [5.41, 5.74) is 3.54. The maximum Gasteiger partial charge on any atom is 0.328 e. The molecule has 0 spiro atoms. The Morgan fingerprint density at radius 3 is 2.58 bits per heavy atom. The average Bonchev–Trinajstić information content (AvgIpc) is 3.43. The third kappa shape index (κ3) is 6.25. The molecule has 2 N–H and O–H groups in total. The number of aromatic amines is 1. The highest BCUT2D eigenvalue weighted by Gasteiger charge is 2.19. The van der Waals surface area contributed by atoms with Crippen LogP contribution in [0.15, 0.2) is 79.5 Å². The van der Waals surface area contributed by atoms with Gasteiger partial charge < -0.3 is 19.6 Å². The molecule has 2 aromatic heterocycles. The van der Waals surface area contributed by atoms with E-state index in [-0.39, 0.29) is 6.04 Å². The molecule has 9 heteroatoms. The summed E-state index contributed by atoms with van der Waals surface area (Å²) in [5.74, 6) is -2.80. The molecule has 4 rings (SSSR count). The molecule has 0 aliphatic heterocycles.